The van der Waals surface area contributed by atoms with Gasteiger partial charge in [0.1, 0.15) is 0 Å². The molecule has 0 unspecified atom stereocenters. The second kappa shape index (κ2) is 8.92. The number of hydrogen-bond donors (Lipinski definition) is 0. The minimum absolute atomic E-state index is 0.223. The summed E-state index contributed by atoms with van der Waals surface area (Å²) in [5, 5.41) is 0. The second-order valence-corrected chi connectivity index (χ2v) is 7.35. The number of hydrogen-bond acceptors (Lipinski definition) is 1. The Hall–Kier alpha value is -1.76. The van der Waals surface area contributed by atoms with E-state index in [-0.39, 0.29) is 15.7 Å². The average molecular weight is 422 g/mol. The molecule has 3 aromatic carbocycles. The van der Waals surface area contributed by atoms with Crippen molar-refractivity contribution in [1.29, 1.82) is 0 Å². The molecule has 0 heterocycles. The Bertz CT molecular complexity index is 787. The van der Waals surface area contributed by atoms with E-state index in [1.54, 1.807) is 0 Å². The van der Waals surface area contributed by atoms with Crippen LogP contribution in [0.4, 0.5) is 5.69 Å². The molecule has 0 atom stereocenters. The standard InChI is InChI=1S/C21H19N.ClH.Ru/c1-18-10-8-9-13-20(18)17-22(21-14-6-3-7-15-21)16-19-11-4-2-5-12-19;;/h1-15H,16-17H2;1H;/q;;+1/p-1. The van der Waals surface area contributed by atoms with Crippen molar-refractivity contribution in [3.05, 3.63) is 102 Å². The summed E-state index contributed by atoms with van der Waals surface area (Å²) in [6, 6.07) is 29.7. The molecular formula is C21H19ClNRu. The van der Waals surface area contributed by atoms with E-state index >= 15 is 0 Å². The van der Waals surface area contributed by atoms with E-state index < -0.39 is 0 Å². The summed E-state index contributed by atoms with van der Waals surface area (Å²) in [5.74, 6) is 0. The Morgan fingerprint density at radius 2 is 1.38 bits per heavy atom. The van der Waals surface area contributed by atoms with Gasteiger partial charge >= 0.3 is 155 Å². The number of benzene rings is 3. The first-order valence-corrected chi connectivity index (χ1v) is 11.1. The van der Waals surface area contributed by atoms with Gasteiger partial charge in [-0.25, -0.2) is 0 Å². The first-order valence-electron chi connectivity index (χ1n) is 7.84. The molecule has 0 saturated heterocycles. The predicted molar refractivity (Wildman–Crippen MR) is 100 cm³/mol. The SMILES string of the molecule is [Cl][Ru]=[CH]c1ccccc1CN(Cc1ccccc1)c1ccccc1. The Morgan fingerprint density at radius 1 is 0.750 bits per heavy atom. The van der Waals surface area contributed by atoms with Crippen LogP contribution in [0.25, 0.3) is 0 Å². The van der Waals surface area contributed by atoms with Crippen molar-refractivity contribution in [2.75, 3.05) is 4.90 Å². The van der Waals surface area contributed by atoms with Crippen molar-refractivity contribution in [2.45, 2.75) is 13.1 Å². The second-order valence-electron chi connectivity index (χ2n) is 5.56. The van der Waals surface area contributed by atoms with Gasteiger partial charge in [0.25, 0.3) is 0 Å². The molecule has 1 nitrogen and oxygen atoms in total. The zero-order valence-corrected chi connectivity index (χ0v) is 15.7. The molecule has 0 N–H and O–H groups in total. The molecule has 3 heteroatoms. The molecule has 3 rings (SSSR count). The van der Waals surface area contributed by atoms with Crippen LogP contribution in [0.15, 0.2) is 84.9 Å². The van der Waals surface area contributed by atoms with E-state index in [1.807, 2.05) is 0 Å². The van der Waals surface area contributed by atoms with Crippen LogP contribution in [0, 0.1) is 0 Å². The normalized spacial score (nSPS) is 11.2. The summed E-state index contributed by atoms with van der Waals surface area (Å²) in [6.07, 6.45) is 0. The third-order valence-corrected chi connectivity index (χ3v) is 5.09. The molecule has 24 heavy (non-hydrogen) atoms. The summed E-state index contributed by atoms with van der Waals surface area (Å²) in [6.45, 7) is 1.75. The summed E-state index contributed by atoms with van der Waals surface area (Å²) in [5.41, 5.74) is 5.10. The van der Waals surface area contributed by atoms with Crippen molar-refractivity contribution < 1.29 is 15.7 Å². The van der Waals surface area contributed by atoms with Crippen molar-refractivity contribution in [3.8, 4) is 0 Å². The van der Waals surface area contributed by atoms with Crippen LogP contribution in [0.2, 0.25) is 0 Å². The van der Waals surface area contributed by atoms with E-state index in [0.29, 0.717) is 0 Å². The molecule has 0 aliphatic heterocycles. The zero-order chi connectivity index (χ0) is 16.6. The van der Waals surface area contributed by atoms with Gasteiger partial charge < -0.3 is 0 Å². The minimum atomic E-state index is -0.223. The van der Waals surface area contributed by atoms with Gasteiger partial charge in [0.15, 0.2) is 0 Å². The number of para-hydroxylation sites is 1. The van der Waals surface area contributed by atoms with Crippen molar-refractivity contribution in [1.82, 2.24) is 0 Å². The molecule has 0 fully saturated rings. The number of rotatable bonds is 6. The number of anilines is 1. The van der Waals surface area contributed by atoms with Crippen LogP contribution in [0.1, 0.15) is 16.7 Å². The van der Waals surface area contributed by atoms with Gasteiger partial charge in [-0.2, -0.15) is 0 Å². The topological polar surface area (TPSA) is 3.24 Å². The van der Waals surface area contributed by atoms with Crippen molar-refractivity contribution in [2.24, 2.45) is 0 Å². The molecule has 0 spiro atoms. The van der Waals surface area contributed by atoms with E-state index in [4.69, 9.17) is 9.69 Å². The summed E-state index contributed by atoms with van der Waals surface area (Å²) in [4.78, 5) is 2.41. The van der Waals surface area contributed by atoms with Crippen LogP contribution < -0.4 is 4.90 Å². The quantitative estimate of drug-likeness (QED) is 0.489. The molecule has 0 aromatic heterocycles. The molecule has 0 amide bonds. The Labute approximate surface area is 155 Å². The maximum atomic E-state index is 6.01. The fraction of sp³-hybridized carbons (Fsp3) is 0.0952. The number of nitrogens with zero attached hydrogens (tertiary/aromatic N) is 1. The maximum absolute atomic E-state index is 6.01. The Morgan fingerprint density at radius 3 is 2.08 bits per heavy atom. The molecule has 123 valence electrons. The van der Waals surface area contributed by atoms with Crippen LogP contribution in [-0.2, 0) is 28.8 Å². The van der Waals surface area contributed by atoms with Gasteiger partial charge in [0.05, 0.1) is 0 Å². The molecular weight excluding hydrogens is 403 g/mol. The summed E-state index contributed by atoms with van der Waals surface area (Å²) >= 11 is -0.223. The van der Waals surface area contributed by atoms with Gasteiger partial charge in [-0.3, -0.25) is 0 Å². The first kappa shape index (κ1) is 17.1. The third kappa shape index (κ3) is 4.63. The molecule has 0 radical (unpaired) electrons. The van der Waals surface area contributed by atoms with Gasteiger partial charge in [-0.05, 0) is 0 Å². The summed E-state index contributed by atoms with van der Waals surface area (Å²) < 4.78 is 2.16. The fourth-order valence-corrected chi connectivity index (χ4v) is 3.89. The number of halogens is 1. The van der Waals surface area contributed by atoms with E-state index in [2.05, 4.69) is 94.4 Å². The van der Waals surface area contributed by atoms with E-state index in [1.165, 1.54) is 22.4 Å². The van der Waals surface area contributed by atoms with Gasteiger partial charge in [-0.15, -0.1) is 0 Å². The monoisotopic (exact) mass is 422 g/mol. The summed E-state index contributed by atoms with van der Waals surface area (Å²) in [7, 11) is 6.01. The van der Waals surface area contributed by atoms with Gasteiger partial charge in [0, 0.05) is 0 Å². The molecule has 3 aromatic rings. The van der Waals surface area contributed by atoms with Gasteiger partial charge in [-0.1, -0.05) is 0 Å². The first-order chi connectivity index (χ1) is 11.9. The Kier molecular flexibility index (Phi) is 6.35. The predicted octanol–water partition coefficient (Wildman–Crippen LogP) is 5.28. The van der Waals surface area contributed by atoms with Crippen LogP contribution in [0.5, 0.6) is 0 Å². The van der Waals surface area contributed by atoms with Crippen LogP contribution in [-0.4, -0.2) is 4.61 Å². The molecule has 0 aliphatic rings. The van der Waals surface area contributed by atoms with Gasteiger partial charge in [0.2, 0.25) is 0 Å². The van der Waals surface area contributed by atoms with Crippen molar-refractivity contribution in [3.63, 3.8) is 0 Å². The third-order valence-electron chi connectivity index (χ3n) is 3.90. The van der Waals surface area contributed by atoms with Crippen LogP contribution in [0.3, 0.4) is 0 Å². The average Bonchev–Trinajstić information content (AvgIpc) is 2.64. The molecule has 0 aliphatic carbocycles. The van der Waals surface area contributed by atoms with Crippen LogP contribution >= 0.6 is 9.69 Å². The van der Waals surface area contributed by atoms with E-state index in [9.17, 15) is 0 Å². The fourth-order valence-electron chi connectivity index (χ4n) is 2.71. The van der Waals surface area contributed by atoms with E-state index in [0.717, 1.165) is 13.1 Å². The Balaban J connectivity index is 1.91. The molecule has 0 bridgehead atoms. The zero-order valence-electron chi connectivity index (χ0n) is 13.3. The molecule has 0 saturated carbocycles. The van der Waals surface area contributed by atoms with Crippen molar-refractivity contribution >= 4 is 20.0 Å².